The standard InChI is InChI=1S/C12H13ClN2O2/c1-15-12(13)9(7-16)11(14-15)8-5-3-4-6-10(8)17-2/h3-6,16H,7H2,1-2H3. The lowest BCUT2D eigenvalue weighted by atomic mass is 10.1. The lowest BCUT2D eigenvalue weighted by Gasteiger charge is -2.06. The predicted octanol–water partition coefficient (Wildman–Crippen LogP) is 2.24. The zero-order valence-corrected chi connectivity index (χ0v) is 10.4. The van der Waals surface area contributed by atoms with Gasteiger partial charge in [-0.3, -0.25) is 4.68 Å². The molecule has 0 aliphatic carbocycles. The maximum Gasteiger partial charge on any atom is 0.132 e. The van der Waals surface area contributed by atoms with Crippen molar-refractivity contribution < 1.29 is 9.84 Å². The lowest BCUT2D eigenvalue weighted by Crippen LogP contribution is -1.92. The van der Waals surface area contributed by atoms with Gasteiger partial charge in [0.2, 0.25) is 0 Å². The minimum Gasteiger partial charge on any atom is -0.496 e. The van der Waals surface area contributed by atoms with Gasteiger partial charge in [-0.1, -0.05) is 23.7 Å². The van der Waals surface area contributed by atoms with Crippen LogP contribution in [0.15, 0.2) is 24.3 Å². The van der Waals surface area contributed by atoms with Gasteiger partial charge in [0.05, 0.1) is 13.7 Å². The van der Waals surface area contributed by atoms with Crippen molar-refractivity contribution in [2.45, 2.75) is 6.61 Å². The van der Waals surface area contributed by atoms with Gasteiger partial charge < -0.3 is 9.84 Å². The first-order valence-corrected chi connectivity index (χ1v) is 5.52. The summed E-state index contributed by atoms with van der Waals surface area (Å²) in [5.74, 6) is 0.706. The van der Waals surface area contributed by atoms with Crippen LogP contribution in [0, 0.1) is 0 Å². The van der Waals surface area contributed by atoms with E-state index < -0.39 is 0 Å². The summed E-state index contributed by atoms with van der Waals surface area (Å²) >= 11 is 6.06. The van der Waals surface area contributed by atoms with Crippen LogP contribution >= 0.6 is 11.6 Å². The molecule has 0 aliphatic heterocycles. The van der Waals surface area contributed by atoms with Crippen LogP contribution in [0.3, 0.4) is 0 Å². The minimum absolute atomic E-state index is 0.153. The van der Waals surface area contributed by atoms with Crippen LogP contribution in [0.5, 0.6) is 5.75 Å². The van der Waals surface area contributed by atoms with E-state index in [1.165, 1.54) is 4.68 Å². The largest absolute Gasteiger partial charge is 0.496 e. The Kier molecular flexibility index (Phi) is 3.36. The van der Waals surface area contributed by atoms with Gasteiger partial charge in [-0.15, -0.1) is 0 Å². The summed E-state index contributed by atoms with van der Waals surface area (Å²) in [5.41, 5.74) is 2.08. The SMILES string of the molecule is COc1ccccc1-c1nn(C)c(Cl)c1CO. The van der Waals surface area contributed by atoms with Gasteiger partial charge in [-0.05, 0) is 12.1 Å². The van der Waals surface area contributed by atoms with Crippen LogP contribution in [0.25, 0.3) is 11.3 Å². The first kappa shape index (κ1) is 12.0. The maximum atomic E-state index is 9.36. The fraction of sp³-hybridized carbons (Fsp3) is 0.250. The zero-order valence-electron chi connectivity index (χ0n) is 9.64. The number of rotatable bonds is 3. The predicted molar refractivity (Wildman–Crippen MR) is 66.1 cm³/mol. The van der Waals surface area contributed by atoms with Crippen molar-refractivity contribution >= 4 is 11.6 Å². The van der Waals surface area contributed by atoms with Crippen molar-refractivity contribution in [3.63, 3.8) is 0 Å². The Balaban J connectivity index is 2.64. The lowest BCUT2D eigenvalue weighted by molar-refractivity contribution is 0.282. The second-order valence-corrected chi connectivity index (χ2v) is 3.96. The molecule has 0 spiro atoms. The van der Waals surface area contributed by atoms with Crippen molar-refractivity contribution in [2.75, 3.05) is 7.11 Å². The molecule has 17 heavy (non-hydrogen) atoms. The van der Waals surface area contributed by atoms with Crippen LogP contribution in [0.2, 0.25) is 5.15 Å². The quantitative estimate of drug-likeness (QED) is 0.911. The van der Waals surface area contributed by atoms with E-state index in [2.05, 4.69) is 5.10 Å². The zero-order chi connectivity index (χ0) is 12.4. The molecule has 0 unspecified atom stereocenters. The molecule has 0 amide bonds. The second-order valence-electron chi connectivity index (χ2n) is 3.60. The average molecular weight is 253 g/mol. The van der Waals surface area contributed by atoms with E-state index >= 15 is 0 Å². The molecule has 0 saturated carbocycles. The number of nitrogens with zero attached hydrogens (tertiary/aromatic N) is 2. The molecule has 1 N–H and O–H groups in total. The van der Waals surface area contributed by atoms with E-state index in [-0.39, 0.29) is 6.61 Å². The fourth-order valence-corrected chi connectivity index (χ4v) is 1.93. The number of halogens is 1. The highest BCUT2D eigenvalue weighted by Crippen LogP contribution is 2.34. The van der Waals surface area contributed by atoms with Gasteiger partial charge >= 0.3 is 0 Å². The minimum atomic E-state index is -0.153. The molecule has 1 aromatic heterocycles. The molecule has 0 saturated heterocycles. The average Bonchev–Trinajstić information content (AvgIpc) is 2.65. The number of benzene rings is 1. The van der Waals surface area contributed by atoms with Gasteiger partial charge in [-0.25, -0.2) is 0 Å². The van der Waals surface area contributed by atoms with Crippen LogP contribution in [-0.4, -0.2) is 22.0 Å². The first-order valence-electron chi connectivity index (χ1n) is 5.14. The number of hydrogen-bond donors (Lipinski definition) is 1. The summed E-state index contributed by atoms with van der Waals surface area (Å²) in [7, 11) is 3.34. The highest BCUT2D eigenvalue weighted by Gasteiger charge is 2.17. The van der Waals surface area contributed by atoms with Gasteiger partial charge in [0, 0.05) is 18.2 Å². The highest BCUT2D eigenvalue weighted by molar-refractivity contribution is 6.30. The summed E-state index contributed by atoms with van der Waals surface area (Å²) in [4.78, 5) is 0. The third kappa shape index (κ3) is 2.01. The molecule has 0 bridgehead atoms. The van der Waals surface area contributed by atoms with Crippen LogP contribution in [0.4, 0.5) is 0 Å². The van der Waals surface area contributed by atoms with Crippen molar-refractivity contribution in [1.29, 1.82) is 0 Å². The number of methoxy groups -OCH3 is 1. The molecule has 0 aliphatic rings. The van der Waals surface area contributed by atoms with Crippen molar-refractivity contribution in [3.05, 3.63) is 35.0 Å². The Labute approximate surface area is 104 Å². The Hall–Kier alpha value is -1.52. The summed E-state index contributed by atoms with van der Waals surface area (Å²) in [6.07, 6.45) is 0. The molecule has 90 valence electrons. The van der Waals surface area contributed by atoms with E-state index in [0.717, 1.165) is 5.56 Å². The second kappa shape index (κ2) is 4.77. The molecule has 1 aromatic carbocycles. The summed E-state index contributed by atoms with van der Waals surface area (Å²) in [5, 5.41) is 14.1. The summed E-state index contributed by atoms with van der Waals surface area (Å²) in [6.45, 7) is -0.153. The number of aliphatic hydroxyl groups excluding tert-OH is 1. The summed E-state index contributed by atoms with van der Waals surface area (Å²) < 4.78 is 6.81. The van der Waals surface area contributed by atoms with Gasteiger partial charge in [0.15, 0.2) is 0 Å². The number of aliphatic hydroxyl groups is 1. The number of ether oxygens (including phenoxy) is 1. The van der Waals surface area contributed by atoms with Crippen molar-refractivity contribution in [3.8, 4) is 17.0 Å². The molecule has 4 nitrogen and oxygen atoms in total. The Morgan fingerprint density at radius 3 is 2.76 bits per heavy atom. The van der Waals surface area contributed by atoms with E-state index in [1.54, 1.807) is 14.2 Å². The van der Waals surface area contributed by atoms with Gasteiger partial charge in [-0.2, -0.15) is 5.10 Å². The molecular formula is C12H13ClN2O2. The smallest absolute Gasteiger partial charge is 0.132 e. The van der Waals surface area contributed by atoms with E-state index in [1.807, 2.05) is 24.3 Å². The highest BCUT2D eigenvalue weighted by atomic mass is 35.5. The normalized spacial score (nSPS) is 10.6. The monoisotopic (exact) mass is 252 g/mol. The van der Waals surface area contributed by atoms with Gasteiger partial charge in [0.25, 0.3) is 0 Å². The van der Waals surface area contributed by atoms with Crippen LogP contribution < -0.4 is 4.74 Å². The molecule has 0 atom stereocenters. The molecule has 2 aromatic rings. The topological polar surface area (TPSA) is 47.3 Å². The van der Waals surface area contributed by atoms with Crippen molar-refractivity contribution in [1.82, 2.24) is 9.78 Å². The maximum absolute atomic E-state index is 9.36. The fourth-order valence-electron chi connectivity index (χ4n) is 1.74. The Bertz CT molecular complexity index is 537. The molecule has 2 rings (SSSR count). The number of para-hydroxylation sites is 1. The number of hydrogen-bond acceptors (Lipinski definition) is 3. The summed E-state index contributed by atoms with van der Waals surface area (Å²) in [6, 6.07) is 7.50. The molecular weight excluding hydrogens is 240 g/mol. The first-order chi connectivity index (χ1) is 8.19. The third-order valence-corrected chi connectivity index (χ3v) is 3.06. The molecule has 0 radical (unpaired) electrons. The molecule has 0 fully saturated rings. The van der Waals surface area contributed by atoms with Gasteiger partial charge in [0.1, 0.15) is 16.6 Å². The molecule has 5 heteroatoms. The van der Waals surface area contributed by atoms with E-state index in [0.29, 0.717) is 22.2 Å². The van der Waals surface area contributed by atoms with Crippen molar-refractivity contribution in [2.24, 2.45) is 7.05 Å². The van der Waals surface area contributed by atoms with E-state index in [4.69, 9.17) is 16.3 Å². The molecule has 1 heterocycles. The number of aromatic nitrogens is 2. The number of aryl methyl sites for hydroxylation is 1. The Morgan fingerprint density at radius 2 is 2.12 bits per heavy atom. The Morgan fingerprint density at radius 1 is 1.41 bits per heavy atom. The van der Waals surface area contributed by atoms with E-state index in [9.17, 15) is 5.11 Å². The van der Waals surface area contributed by atoms with Crippen LogP contribution in [-0.2, 0) is 13.7 Å². The van der Waals surface area contributed by atoms with Crippen LogP contribution in [0.1, 0.15) is 5.56 Å². The third-order valence-electron chi connectivity index (χ3n) is 2.59.